The lowest BCUT2D eigenvalue weighted by molar-refractivity contribution is -0.122. The minimum atomic E-state index is -0.567. The molecule has 0 radical (unpaired) electrons. The van der Waals surface area contributed by atoms with Crippen LogP contribution in [-0.4, -0.2) is 34.4 Å². The van der Waals surface area contributed by atoms with Crippen LogP contribution in [0.25, 0.3) is 11.0 Å². The average molecular weight is 397 g/mol. The number of hydrogen-bond acceptors (Lipinski definition) is 4. The Bertz CT molecular complexity index is 919. The van der Waals surface area contributed by atoms with Crippen LogP contribution in [-0.2, 0) is 10.5 Å². The maximum absolute atomic E-state index is 12.3. The van der Waals surface area contributed by atoms with E-state index in [1.165, 1.54) is 0 Å². The van der Waals surface area contributed by atoms with Gasteiger partial charge in [-0.2, -0.15) is 0 Å². The lowest BCUT2D eigenvalue weighted by atomic mass is 10.1. The molecule has 0 fully saturated rings. The number of rotatable bonds is 8. The number of amides is 2. The summed E-state index contributed by atoms with van der Waals surface area (Å²) in [5.74, 6) is 0.321. The number of nitrogens with zero attached hydrogens (tertiary/aromatic N) is 1. The maximum atomic E-state index is 12.3. The highest BCUT2D eigenvalue weighted by molar-refractivity contribution is 7.98. The van der Waals surface area contributed by atoms with Crippen LogP contribution >= 0.6 is 11.8 Å². The fraction of sp³-hybridized carbons (Fsp3) is 0.286. The van der Waals surface area contributed by atoms with E-state index < -0.39 is 6.04 Å². The number of thioether (sulfide) groups is 1. The highest BCUT2D eigenvalue weighted by Crippen LogP contribution is 2.23. The molecular formula is C21H24N4O2S. The second-order valence-electron chi connectivity index (χ2n) is 6.53. The van der Waals surface area contributed by atoms with E-state index in [2.05, 4.69) is 20.6 Å². The second kappa shape index (κ2) is 9.41. The molecule has 1 heterocycles. The summed E-state index contributed by atoms with van der Waals surface area (Å²) in [5.41, 5.74) is 3.60. The van der Waals surface area contributed by atoms with Gasteiger partial charge in [0.25, 0.3) is 5.91 Å². The molecule has 0 aliphatic carbocycles. The highest BCUT2D eigenvalue weighted by atomic mass is 32.2. The fourth-order valence-electron chi connectivity index (χ4n) is 2.65. The molecule has 1 atom stereocenters. The molecule has 3 aromatic rings. The molecule has 2 amide bonds. The van der Waals surface area contributed by atoms with Crippen molar-refractivity contribution in [2.24, 2.45) is 0 Å². The first kappa shape index (κ1) is 19.9. The maximum Gasteiger partial charge on any atom is 0.251 e. The zero-order chi connectivity index (χ0) is 19.9. The van der Waals surface area contributed by atoms with Crippen LogP contribution in [0.4, 0.5) is 0 Å². The van der Waals surface area contributed by atoms with Gasteiger partial charge in [-0.25, -0.2) is 4.98 Å². The van der Waals surface area contributed by atoms with E-state index in [4.69, 9.17) is 0 Å². The van der Waals surface area contributed by atoms with E-state index in [1.807, 2.05) is 43.3 Å². The van der Waals surface area contributed by atoms with E-state index in [0.29, 0.717) is 12.1 Å². The Balaban J connectivity index is 1.53. The number of nitrogens with one attached hydrogen (secondary N) is 3. The van der Waals surface area contributed by atoms with Gasteiger partial charge in [0.2, 0.25) is 5.91 Å². The van der Waals surface area contributed by atoms with Crippen LogP contribution in [0, 0.1) is 0 Å². The Labute approximate surface area is 168 Å². The summed E-state index contributed by atoms with van der Waals surface area (Å²) < 4.78 is 0. The zero-order valence-corrected chi connectivity index (χ0v) is 16.8. The number of hydrogen-bond donors (Lipinski definition) is 3. The quantitative estimate of drug-likeness (QED) is 0.509. The van der Waals surface area contributed by atoms with Gasteiger partial charge in [-0.3, -0.25) is 9.59 Å². The Morgan fingerprint density at radius 3 is 2.61 bits per heavy atom. The van der Waals surface area contributed by atoms with E-state index in [9.17, 15) is 9.59 Å². The first-order chi connectivity index (χ1) is 13.6. The molecule has 1 aromatic heterocycles. The van der Waals surface area contributed by atoms with Gasteiger partial charge in [0, 0.05) is 17.9 Å². The number of aromatic amines is 1. The first-order valence-corrected chi connectivity index (χ1v) is 10.3. The number of benzene rings is 2. The smallest absolute Gasteiger partial charge is 0.251 e. The lowest BCUT2D eigenvalue weighted by Gasteiger charge is -2.14. The summed E-state index contributed by atoms with van der Waals surface area (Å²) in [4.78, 5) is 32.0. The van der Waals surface area contributed by atoms with Crippen LogP contribution in [0.15, 0.2) is 53.7 Å². The molecule has 146 valence electrons. The van der Waals surface area contributed by atoms with Crippen molar-refractivity contribution < 1.29 is 9.59 Å². The summed E-state index contributed by atoms with van der Waals surface area (Å²) in [6.45, 7) is 4.27. The molecule has 0 aliphatic rings. The van der Waals surface area contributed by atoms with Crippen molar-refractivity contribution >= 4 is 34.6 Å². The van der Waals surface area contributed by atoms with Gasteiger partial charge in [-0.15, -0.1) is 0 Å². The summed E-state index contributed by atoms with van der Waals surface area (Å²) >= 11 is 1.62. The highest BCUT2D eigenvalue weighted by Gasteiger charge is 2.16. The third kappa shape index (κ3) is 5.13. The van der Waals surface area contributed by atoms with Crippen molar-refractivity contribution in [3.8, 4) is 0 Å². The molecular weight excluding hydrogens is 372 g/mol. The van der Waals surface area contributed by atoms with Crippen molar-refractivity contribution in [3.05, 3.63) is 59.7 Å². The molecule has 3 N–H and O–H groups in total. The van der Waals surface area contributed by atoms with E-state index in [0.717, 1.165) is 33.9 Å². The number of carbonyl (C=O) groups is 2. The summed E-state index contributed by atoms with van der Waals surface area (Å²) in [6.07, 6.45) is 0.861. The normalized spacial score (nSPS) is 11.9. The van der Waals surface area contributed by atoms with Gasteiger partial charge in [0.1, 0.15) is 6.04 Å². The molecule has 0 aliphatic heterocycles. The predicted molar refractivity (Wildman–Crippen MR) is 112 cm³/mol. The third-order valence-corrected chi connectivity index (χ3v) is 5.19. The van der Waals surface area contributed by atoms with E-state index in [-0.39, 0.29) is 11.8 Å². The molecule has 0 saturated heterocycles. The number of para-hydroxylation sites is 2. The number of fused-ring (bicyclic) bond motifs is 1. The van der Waals surface area contributed by atoms with Crippen LogP contribution in [0.5, 0.6) is 0 Å². The summed E-state index contributed by atoms with van der Waals surface area (Å²) in [5, 5.41) is 6.37. The number of H-pyrrole nitrogens is 1. The van der Waals surface area contributed by atoms with Gasteiger partial charge in [-0.1, -0.05) is 43.0 Å². The molecule has 0 saturated carbocycles. The number of carbonyl (C=O) groups excluding carboxylic acids is 2. The monoisotopic (exact) mass is 396 g/mol. The standard InChI is InChI=1S/C21H24N4O2S/c1-3-12-22-19(26)14(2)23-20(27)16-10-8-15(9-11-16)13-28-21-24-17-6-4-5-7-18(17)25-21/h4-11,14H,3,12-13H2,1-2H3,(H,22,26)(H,23,27)(H,24,25)/t14-/m0/s1. The fourth-order valence-corrected chi connectivity index (χ4v) is 3.49. The number of imidazole rings is 1. The third-order valence-electron chi connectivity index (χ3n) is 4.25. The summed E-state index contributed by atoms with van der Waals surface area (Å²) in [7, 11) is 0. The van der Waals surface area contributed by atoms with Gasteiger partial charge >= 0.3 is 0 Å². The summed E-state index contributed by atoms with van der Waals surface area (Å²) in [6, 6.07) is 14.8. The molecule has 7 heteroatoms. The molecule has 0 unspecified atom stereocenters. The van der Waals surface area contributed by atoms with Crippen LogP contribution in [0.1, 0.15) is 36.2 Å². The van der Waals surface area contributed by atoms with Crippen LogP contribution < -0.4 is 10.6 Å². The predicted octanol–water partition coefficient (Wildman–Crippen LogP) is 3.50. The molecule has 2 aromatic carbocycles. The Morgan fingerprint density at radius 1 is 1.14 bits per heavy atom. The van der Waals surface area contributed by atoms with Crippen molar-refractivity contribution in [1.82, 2.24) is 20.6 Å². The minimum absolute atomic E-state index is 0.172. The Morgan fingerprint density at radius 2 is 1.89 bits per heavy atom. The van der Waals surface area contributed by atoms with Crippen LogP contribution in [0.2, 0.25) is 0 Å². The Hall–Kier alpha value is -2.80. The van der Waals surface area contributed by atoms with Crippen molar-refractivity contribution in [2.75, 3.05) is 6.54 Å². The van der Waals surface area contributed by atoms with Gasteiger partial charge in [-0.05, 0) is 43.2 Å². The van der Waals surface area contributed by atoms with Crippen molar-refractivity contribution in [3.63, 3.8) is 0 Å². The van der Waals surface area contributed by atoms with Crippen molar-refractivity contribution in [2.45, 2.75) is 37.2 Å². The van der Waals surface area contributed by atoms with Crippen molar-refractivity contribution in [1.29, 1.82) is 0 Å². The molecule has 0 bridgehead atoms. The van der Waals surface area contributed by atoms with E-state index in [1.54, 1.807) is 30.8 Å². The topological polar surface area (TPSA) is 86.9 Å². The second-order valence-corrected chi connectivity index (χ2v) is 7.49. The van der Waals surface area contributed by atoms with Crippen LogP contribution in [0.3, 0.4) is 0 Å². The average Bonchev–Trinajstić information content (AvgIpc) is 3.13. The lowest BCUT2D eigenvalue weighted by Crippen LogP contribution is -2.44. The van der Waals surface area contributed by atoms with Gasteiger partial charge < -0.3 is 15.6 Å². The molecule has 6 nitrogen and oxygen atoms in total. The first-order valence-electron chi connectivity index (χ1n) is 9.32. The molecule has 3 rings (SSSR count). The molecule has 28 heavy (non-hydrogen) atoms. The molecule has 0 spiro atoms. The van der Waals surface area contributed by atoms with E-state index >= 15 is 0 Å². The minimum Gasteiger partial charge on any atom is -0.354 e. The number of aromatic nitrogens is 2. The SMILES string of the molecule is CCCNC(=O)[C@H](C)NC(=O)c1ccc(CSc2nc3ccccc3[nH]2)cc1. The zero-order valence-electron chi connectivity index (χ0n) is 16.0. The van der Waals surface area contributed by atoms with Gasteiger partial charge in [0.05, 0.1) is 11.0 Å². The largest absolute Gasteiger partial charge is 0.354 e. The van der Waals surface area contributed by atoms with Gasteiger partial charge in [0.15, 0.2) is 5.16 Å². The Kier molecular flexibility index (Phi) is 6.71.